The van der Waals surface area contributed by atoms with Crippen LogP contribution in [0.1, 0.15) is 17.9 Å². The number of carbonyl (C=O) groups is 1. The van der Waals surface area contributed by atoms with Crippen molar-refractivity contribution in [3.63, 3.8) is 0 Å². The molecule has 2 N–H and O–H groups in total. The zero-order valence-electron chi connectivity index (χ0n) is 12.2. The van der Waals surface area contributed by atoms with Crippen molar-refractivity contribution >= 4 is 11.7 Å². The van der Waals surface area contributed by atoms with Crippen molar-refractivity contribution in [3.8, 4) is 5.75 Å². The number of benzene rings is 2. The van der Waals surface area contributed by atoms with Gasteiger partial charge in [0.1, 0.15) is 5.75 Å². The average molecular weight is 318 g/mol. The molecule has 120 valence electrons. The van der Waals surface area contributed by atoms with Gasteiger partial charge in [0.05, 0.1) is 5.69 Å². The summed E-state index contributed by atoms with van der Waals surface area (Å²) in [5.41, 5.74) is 1.39. The maximum absolute atomic E-state index is 12.3. The molecule has 0 radical (unpaired) electrons. The van der Waals surface area contributed by atoms with Crippen LogP contribution in [0.4, 0.5) is 19.3 Å². The lowest BCUT2D eigenvalue weighted by molar-refractivity contribution is -0.0493. The van der Waals surface area contributed by atoms with Crippen molar-refractivity contribution in [1.82, 2.24) is 5.32 Å². The first-order valence-electron chi connectivity index (χ1n) is 7.30. The lowest BCUT2D eigenvalue weighted by Gasteiger charge is -2.12. The van der Waals surface area contributed by atoms with E-state index in [4.69, 9.17) is 0 Å². The van der Waals surface area contributed by atoms with Crippen molar-refractivity contribution in [3.05, 3.63) is 60.2 Å². The van der Waals surface area contributed by atoms with Gasteiger partial charge in [-0.15, -0.1) is 0 Å². The van der Waals surface area contributed by atoms with Gasteiger partial charge in [-0.25, -0.2) is 4.79 Å². The molecule has 1 aliphatic rings. The lowest BCUT2D eigenvalue weighted by atomic mass is 10.1. The highest BCUT2D eigenvalue weighted by atomic mass is 19.3. The third-order valence-electron chi connectivity index (χ3n) is 3.69. The Bertz CT molecular complexity index is 679. The molecule has 3 rings (SSSR count). The van der Waals surface area contributed by atoms with E-state index in [2.05, 4.69) is 15.4 Å². The topological polar surface area (TPSA) is 50.4 Å². The Morgan fingerprint density at radius 1 is 1.09 bits per heavy atom. The van der Waals surface area contributed by atoms with Crippen molar-refractivity contribution in [2.45, 2.75) is 25.0 Å². The van der Waals surface area contributed by atoms with Gasteiger partial charge in [-0.1, -0.05) is 42.5 Å². The normalized spacial score (nSPS) is 19.3. The smallest absolute Gasteiger partial charge is 0.387 e. The molecular formula is C17H16F2N2O2. The number of anilines is 1. The highest BCUT2D eigenvalue weighted by Gasteiger charge is 2.39. The predicted molar refractivity (Wildman–Crippen MR) is 82.8 cm³/mol. The molecule has 2 aromatic rings. The van der Waals surface area contributed by atoms with Gasteiger partial charge in [-0.2, -0.15) is 8.78 Å². The molecule has 0 spiro atoms. The second-order valence-electron chi connectivity index (χ2n) is 5.33. The number of carbonyl (C=O) groups excluding carboxylic acids is 1. The molecule has 0 heterocycles. The summed E-state index contributed by atoms with van der Waals surface area (Å²) >= 11 is 0. The van der Waals surface area contributed by atoms with Gasteiger partial charge >= 0.3 is 12.6 Å². The monoisotopic (exact) mass is 318 g/mol. The quantitative estimate of drug-likeness (QED) is 0.876. The molecule has 2 amide bonds. The Morgan fingerprint density at radius 3 is 2.52 bits per heavy atom. The van der Waals surface area contributed by atoms with E-state index in [0.29, 0.717) is 5.92 Å². The second-order valence-corrected chi connectivity index (χ2v) is 5.33. The predicted octanol–water partition coefficient (Wildman–Crippen LogP) is 3.97. The van der Waals surface area contributed by atoms with E-state index in [1.165, 1.54) is 17.7 Å². The molecule has 0 aliphatic heterocycles. The van der Waals surface area contributed by atoms with Crippen molar-refractivity contribution in [1.29, 1.82) is 0 Å². The lowest BCUT2D eigenvalue weighted by Crippen LogP contribution is -2.31. The van der Waals surface area contributed by atoms with E-state index >= 15 is 0 Å². The minimum absolute atomic E-state index is 0.0561. The van der Waals surface area contributed by atoms with Crippen LogP contribution in [0.25, 0.3) is 0 Å². The van der Waals surface area contributed by atoms with Gasteiger partial charge in [0.2, 0.25) is 0 Å². The number of urea groups is 1. The van der Waals surface area contributed by atoms with Gasteiger partial charge in [-0.05, 0) is 24.1 Å². The third-order valence-corrected chi connectivity index (χ3v) is 3.69. The summed E-state index contributed by atoms with van der Waals surface area (Å²) in [6, 6.07) is 15.6. The van der Waals surface area contributed by atoms with Gasteiger partial charge in [0, 0.05) is 12.0 Å². The standard InChI is InChI=1S/C17H16F2N2O2/c18-16(19)23-15-9-5-4-8-13(15)20-17(22)21-14-10-12(14)11-6-2-1-3-7-11/h1-9,12,14,16H,10H2,(H2,20,21,22). The minimum Gasteiger partial charge on any atom is -0.433 e. The number of rotatable bonds is 5. The molecule has 4 nitrogen and oxygen atoms in total. The fourth-order valence-electron chi connectivity index (χ4n) is 2.52. The molecule has 1 fully saturated rings. The van der Waals surface area contributed by atoms with E-state index in [1.807, 2.05) is 30.3 Å². The summed E-state index contributed by atoms with van der Waals surface area (Å²) in [7, 11) is 0. The van der Waals surface area contributed by atoms with Crippen LogP contribution < -0.4 is 15.4 Å². The van der Waals surface area contributed by atoms with Crippen LogP contribution in [-0.4, -0.2) is 18.7 Å². The van der Waals surface area contributed by atoms with Crippen molar-refractivity contribution in [2.75, 3.05) is 5.32 Å². The zero-order valence-corrected chi connectivity index (χ0v) is 12.2. The van der Waals surface area contributed by atoms with Crippen LogP contribution in [0.3, 0.4) is 0 Å². The first-order valence-corrected chi connectivity index (χ1v) is 7.30. The first kappa shape index (κ1) is 15.3. The van der Waals surface area contributed by atoms with E-state index < -0.39 is 12.6 Å². The van der Waals surface area contributed by atoms with E-state index in [-0.39, 0.29) is 17.5 Å². The van der Waals surface area contributed by atoms with Gasteiger partial charge in [0.15, 0.2) is 0 Å². The molecule has 0 bridgehead atoms. The Labute approximate surface area is 132 Å². The fourth-order valence-corrected chi connectivity index (χ4v) is 2.52. The van der Waals surface area contributed by atoms with Crippen molar-refractivity contribution < 1.29 is 18.3 Å². The van der Waals surface area contributed by atoms with Crippen molar-refractivity contribution in [2.24, 2.45) is 0 Å². The Hall–Kier alpha value is -2.63. The largest absolute Gasteiger partial charge is 0.433 e. The number of hydrogen-bond acceptors (Lipinski definition) is 2. The fraction of sp³-hybridized carbons (Fsp3) is 0.235. The highest BCUT2D eigenvalue weighted by Crippen LogP contribution is 2.40. The number of nitrogens with one attached hydrogen (secondary N) is 2. The van der Waals surface area contributed by atoms with Crippen LogP contribution in [0.5, 0.6) is 5.75 Å². The molecule has 6 heteroatoms. The van der Waals surface area contributed by atoms with E-state index in [0.717, 1.165) is 6.42 Å². The SMILES string of the molecule is O=C(Nc1ccccc1OC(F)F)NC1CC1c1ccccc1. The molecule has 23 heavy (non-hydrogen) atoms. The number of ether oxygens (including phenoxy) is 1. The third kappa shape index (κ3) is 3.97. The zero-order chi connectivity index (χ0) is 16.2. The van der Waals surface area contributed by atoms with Gasteiger partial charge < -0.3 is 15.4 Å². The summed E-state index contributed by atoms with van der Waals surface area (Å²) in [6.45, 7) is -2.94. The Balaban J connectivity index is 1.57. The summed E-state index contributed by atoms with van der Waals surface area (Å²) in [4.78, 5) is 12.0. The van der Waals surface area contributed by atoms with Gasteiger partial charge in [-0.3, -0.25) is 0 Å². The number of hydrogen-bond donors (Lipinski definition) is 2. The van der Waals surface area contributed by atoms with E-state index in [9.17, 15) is 13.6 Å². The maximum Gasteiger partial charge on any atom is 0.387 e. The average Bonchev–Trinajstić information content (AvgIpc) is 3.29. The Morgan fingerprint density at radius 2 is 1.78 bits per heavy atom. The number of alkyl halides is 2. The molecular weight excluding hydrogens is 302 g/mol. The maximum atomic E-state index is 12.3. The number of amides is 2. The molecule has 2 aromatic carbocycles. The summed E-state index contributed by atoms with van der Waals surface area (Å²) < 4.78 is 29.1. The van der Waals surface area contributed by atoms with Crippen LogP contribution >= 0.6 is 0 Å². The highest BCUT2D eigenvalue weighted by molar-refractivity contribution is 5.91. The summed E-state index contributed by atoms with van der Waals surface area (Å²) in [6.07, 6.45) is 0.868. The number of para-hydroxylation sites is 2. The molecule has 0 aromatic heterocycles. The van der Waals surface area contributed by atoms with E-state index in [1.54, 1.807) is 12.1 Å². The van der Waals surface area contributed by atoms with Crippen LogP contribution in [0.15, 0.2) is 54.6 Å². The van der Waals surface area contributed by atoms with Crippen LogP contribution in [-0.2, 0) is 0 Å². The molecule has 2 unspecified atom stereocenters. The summed E-state index contributed by atoms with van der Waals surface area (Å²) in [5.74, 6) is 0.238. The van der Waals surface area contributed by atoms with Crippen LogP contribution in [0, 0.1) is 0 Å². The molecule has 2 atom stereocenters. The summed E-state index contributed by atoms with van der Waals surface area (Å²) in [5, 5.41) is 5.39. The Kier molecular flexibility index (Phi) is 4.41. The second kappa shape index (κ2) is 6.64. The molecule has 0 saturated heterocycles. The molecule has 1 aliphatic carbocycles. The van der Waals surface area contributed by atoms with Gasteiger partial charge in [0.25, 0.3) is 0 Å². The minimum atomic E-state index is -2.94. The van der Waals surface area contributed by atoms with Crippen LogP contribution in [0.2, 0.25) is 0 Å². The first-order chi connectivity index (χ1) is 11.1. The molecule has 1 saturated carbocycles. The number of halogens is 2.